The lowest BCUT2D eigenvalue weighted by Gasteiger charge is -2.23. The Labute approximate surface area is 142 Å². The molecule has 0 bridgehead atoms. The number of benzene rings is 1. The first-order chi connectivity index (χ1) is 11.6. The molecule has 1 aromatic rings. The van der Waals surface area contributed by atoms with Crippen molar-refractivity contribution in [2.75, 3.05) is 18.4 Å². The largest absolute Gasteiger partial charge is 0.481 e. The molecule has 1 saturated heterocycles. The van der Waals surface area contributed by atoms with Crippen molar-refractivity contribution >= 4 is 17.7 Å². The number of anilines is 1. The predicted octanol–water partition coefficient (Wildman–Crippen LogP) is 3.73. The number of hydrogen-bond donors (Lipinski definition) is 2. The van der Waals surface area contributed by atoms with Crippen molar-refractivity contribution in [3.63, 3.8) is 0 Å². The molecule has 0 aromatic heterocycles. The summed E-state index contributed by atoms with van der Waals surface area (Å²) in [6.45, 7) is 1.71. The van der Waals surface area contributed by atoms with Crippen LogP contribution in [0.4, 0.5) is 23.7 Å². The molecule has 0 spiro atoms. The summed E-state index contributed by atoms with van der Waals surface area (Å²) in [4.78, 5) is 25.5. The summed E-state index contributed by atoms with van der Waals surface area (Å²) in [6, 6.07) is 3.05. The van der Waals surface area contributed by atoms with Crippen LogP contribution in [-0.4, -0.2) is 35.1 Å². The average molecular weight is 356 g/mol. The van der Waals surface area contributed by atoms with Gasteiger partial charge in [-0.2, -0.15) is 13.2 Å². The molecular formula is C17H19F3N2O3. The highest BCUT2D eigenvalue weighted by atomic mass is 19.4. The molecule has 2 N–H and O–H groups in total. The number of aliphatic carboxylic acids is 1. The minimum atomic E-state index is -4.50. The molecule has 1 aliphatic heterocycles. The first-order valence-corrected chi connectivity index (χ1v) is 8.11. The van der Waals surface area contributed by atoms with Gasteiger partial charge in [0.05, 0.1) is 11.0 Å². The standard InChI is InChI=1S/C17H19F3N2O3/c1-10-12(17(18,19)20)5-2-6-13(10)21-15(25)22-8-11-4-3-7-16(11,9-22)14(23)24/h2,5-6,11H,3-4,7-9H2,1H3,(H,21,25)(H,23,24)/t11-,16+/m0/s1. The lowest BCUT2D eigenvalue weighted by molar-refractivity contribution is -0.149. The van der Waals surface area contributed by atoms with E-state index >= 15 is 0 Å². The average Bonchev–Trinajstić information content (AvgIpc) is 3.06. The third kappa shape index (κ3) is 2.94. The van der Waals surface area contributed by atoms with Crippen LogP contribution in [0.3, 0.4) is 0 Å². The highest BCUT2D eigenvalue weighted by Crippen LogP contribution is 2.49. The Bertz CT molecular complexity index is 720. The van der Waals surface area contributed by atoms with Gasteiger partial charge in [-0.15, -0.1) is 0 Å². The molecule has 1 aliphatic carbocycles. The van der Waals surface area contributed by atoms with E-state index in [9.17, 15) is 27.9 Å². The van der Waals surface area contributed by atoms with E-state index in [4.69, 9.17) is 0 Å². The number of nitrogens with zero attached hydrogens (tertiary/aromatic N) is 1. The Kier molecular flexibility index (Phi) is 4.17. The molecule has 8 heteroatoms. The summed E-state index contributed by atoms with van der Waals surface area (Å²) in [5.41, 5.74) is -1.69. The summed E-state index contributed by atoms with van der Waals surface area (Å²) >= 11 is 0. The Morgan fingerprint density at radius 2 is 2.08 bits per heavy atom. The molecule has 1 aromatic carbocycles. The second-order valence-corrected chi connectivity index (χ2v) is 6.84. The molecule has 2 aliphatic rings. The number of alkyl halides is 3. The van der Waals surface area contributed by atoms with E-state index in [1.807, 2.05) is 0 Å². The van der Waals surface area contributed by atoms with E-state index in [1.165, 1.54) is 24.0 Å². The zero-order chi connectivity index (χ0) is 18.4. The fourth-order valence-electron chi connectivity index (χ4n) is 4.07. The number of halogens is 3. The normalized spacial score (nSPS) is 25.8. The number of nitrogens with one attached hydrogen (secondary N) is 1. The first kappa shape index (κ1) is 17.6. The molecule has 0 unspecified atom stereocenters. The quantitative estimate of drug-likeness (QED) is 0.848. The van der Waals surface area contributed by atoms with E-state index in [2.05, 4.69) is 5.32 Å². The third-order valence-corrected chi connectivity index (χ3v) is 5.46. The van der Waals surface area contributed by atoms with Crippen LogP contribution in [0.5, 0.6) is 0 Å². The predicted molar refractivity (Wildman–Crippen MR) is 84.2 cm³/mol. The highest BCUT2D eigenvalue weighted by molar-refractivity contribution is 5.91. The molecule has 2 amide bonds. The number of likely N-dealkylation sites (tertiary alicyclic amines) is 1. The van der Waals surface area contributed by atoms with Gasteiger partial charge in [-0.25, -0.2) is 4.79 Å². The number of rotatable bonds is 2. The number of carbonyl (C=O) groups excluding carboxylic acids is 1. The molecule has 2 fully saturated rings. The number of carboxylic acid groups (broad SMARTS) is 1. The number of hydrogen-bond acceptors (Lipinski definition) is 2. The van der Waals surface area contributed by atoms with Crippen molar-refractivity contribution in [3.05, 3.63) is 29.3 Å². The third-order valence-electron chi connectivity index (χ3n) is 5.46. The lowest BCUT2D eigenvalue weighted by Crippen LogP contribution is -2.38. The van der Waals surface area contributed by atoms with Crippen LogP contribution in [0.1, 0.15) is 30.4 Å². The van der Waals surface area contributed by atoms with Crippen LogP contribution in [0.15, 0.2) is 18.2 Å². The van der Waals surface area contributed by atoms with E-state index < -0.39 is 29.2 Å². The van der Waals surface area contributed by atoms with Crippen LogP contribution < -0.4 is 5.32 Å². The fraction of sp³-hybridized carbons (Fsp3) is 0.529. The van der Waals surface area contributed by atoms with Crippen LogP contribution in [0.25, 0.3) is 0 Å². The van der Waals surface area contributed by atoms with E-state index in [0.717, 1.165) is 18.9 Å². The van der Waals surface area contributed by atoms with Gasteiger partial charge in [-0.3, -0.25) is 4.79 Å². The Morgan fingerprint density at radius 3 is 2.68 bits per heavy atom. The minimum Gasteiger partial charge on any atom is -0.481 e. The van der Waals surface area contributed by atoms with Gasteiger partial charge in [-0.1, -0.05) is 12.5 Å². The van der Waals surface area contributed by atoms with Crippen molar-refractivity contribution in [3.8, 4) is 0 Å². The zero-order valence-corrected chi connectivity index (χ0v) is 13.7. The Hall–Kier alpha value is -2.25. The van der Waals surface area contributed by atoms with E-state index in [-0.39, 0.29) is 23.7 Å². The van der Waals surface area contributed by atoms with Crippen LogP contribution in [0.2, 0.25) is 0 Å². The van der Waals surface area contributed by atoms with Crippen LogP contribution in [-0.2, 0) is 11.0 Å². The summed E-state index contributed by atoms with van der Waals surface area (Å²) in [7, 11) is 0. The first-order valence-electron chi connectivity index (χ1n) is 8.11. The number of carboxylic acids is 1. The van der Waals surface area contributed by atoms with Crippen molar-refractivity contribution < 1.29 is 27.9 Å². The molecule has 0 radical (unpaired) electrons. The second-order valence-electron chi connectivity index (χ2n) is 6.84. The van der Waals surface area contributed by atoms with Crippen molar-refractivity contribution in [2.24, 2.45) is 11.3 Å². The fourth-order valence-corrected chi connectivity index (χ4v) is 4.07. The zero-order valence-electron chi connectivity index (χ0n) is 13.7. The SMILES string of the molecule is Cc1c(NC(=O)N2C[C@@H]3CCC[C@@]3(C(=O)O)C2)cccc1C(F)(F)F. The van der Waals surface area contributed by atoms with Gasteiger partial charge in [0.1, 0.15) is 0 Å². The molecule has 2 atom stereocenters. The number of amides is 2. The number of fused-ring (bicyclic) bond motifs is 1. The van der Waals surface area contributed by atoms with E-state index in [0.29, 0.717) is 13.0 Å². The Morgan fingerprint density at radius 1 is 1.36 bits per heavy atom. The highest BCUT2D eigenvalue weighted by Gasteiger charge is 2.55. The summed E-state index contributed by atoms with van der Waals surface area (Å²) in [6.07, 6.45) is -2.40. The summed E-state index contributed by atoms with van der Waals surface area (Å²) < 4.78 is 38.9. The minimum absolute atomic E-state index is 0.0595. The maximum Gasteiger partial charge on any atom is 0.416 e. The van der Waals surface area contributed by atoms with Gasteiger partial charge in [0.25, 0.3) is 0 Å². The van der Waals surface area contributed by atoms with Crippen molar-refractivity contribution in [1.82, 2.24) is 4.90 Å². The smallest absolute Gasteiger partial charge is 0.416 e. The van der Waals surface area contributed by atoms with Gasteiger partial charge in [0, 0.05) is 18.8 Å². The number of urea groups is 1. The summed E-state index contributed by atoms with van der Waals surface area (Å²) in [5.74, 6) is -1.00. The van der Waals surface area contributed by atoms with Crippen LogP contribution in [0, 0.1) is 18.3 Å². The molecule has 25 heavy (non-hydrogen) atoms. The molecule has 1 saturated carbocycles. The van der Waals surface area contributed by atoms with Gasteiger partial charge < -0.3 is 15.3 Å². The number of carbonyl (C=O) groups is 2. The molecular weight excluding hydrogens is 337 g/mol. The molecule has 5 nitrogen and oxygen atoms in total. The Balaban J connectivity index is 1.77. The maximum atomic E-state index is 13.0. The molecule has 1 heterocycles. The van der Waals surface area contributed by atoms with Gasteiger partial charge >= 0.3 is 18.2 Å². The van der Waals surface area contributed by atoms with Gasteiger partial charge in [0.15, 0.2) is 0 Å². The monoisotopic (exact) mass is 356 g/mol. The van der Waals surface area contributed by atoms with Gasteiger partial charge in [0.2, 0.25) is 0 Å². The van der Waals surface area contributed by atoms with E-state index in [1.54, 1.807) is 0 Å². The van der Waals surface area contributed by atoms with Crippen LogP contribution >= 0.6 is 0 Å². The maximum absolute atomic E-state index is 13.0. The summed E-state index contributed by atoms with van der Waals surface area (Å²) in [5, 5.41) is 12.1. The topological polar surface area (TPSA) is 69.6 Å². The second kappa shape index (κ2) is 5.93. The van der Waals surface area contributed by atoms with Crippen molar-refractivity contribution in [1.29, 1.82) is 0 Å². The van der Waals surface area contributed by atoms with Gasteiger partial charge in [-0.05, 0) is 43.4 Å². The van der Waals surface area contributed by atoms with Crippen molar-refractivity contribution in [2.45, 2.75) is 32.4 Å². The molecule has 136 valence electrons. The molecule has 3 rings (SSSR count). The lowest BCUT2D eigenvalue weighted by atomic mass is 9.81.